The molecular formula is C16H15Cl2NO3. The molecule has 2 N–H and O–H groups in total. The molecular weight excluding hydrogens is 325 g/mol. The standard InChI is InChI=1S/C16H15Cl2NO3/c1-9(20)10-3-5-12(6-4-10)19-16(21)13-7-11(17)8-14(18)15(13)22-2/h3-9,20H,1-2H3,(H,19,21)/t9-/m1/s1. The second-order valence-electron chi connectivity index (χ2n) is 4.72. The normalized spacial score (nSPS) is 11.9. The molecule has 0 aliphatic rings. The van der Waals surface area contributed by atoms with Crippen molar-refractivity contribution in [1.29, 1.82) is 0 Å². The molecule has 0 heterocycles. The molecule has 22 heavy (non-hydrogen) atoms. The largest absolute Gasteiger partial charge is 0.494 e. The number of amides is 1. The van der Waals surface area contributed by atoms with E-state index in [0.29, 0.717) is 10.7 Å². The predicted octanol–water partition coefficient (Wildman–Crippen LogP) is 4.31. The van der Waals surface area contributed by atoms with E-state index < -0.39 is 6.10 Å². The average Bonchev–Trinajstić information content (AvgIpc) is 2.47. The van der Waals surface area contributed by atoms with E-state index >= 15 is 0 Å². The molecule has 0 bridgehead atoms. The summed E-state index contributed by atoms with van der Waals surface area (Å²) in [4.78, 5) is 12.4. The molecule has 0 aliphatic heterocycles. The van der Waals surface area contributed by atoms with E-state index in [4.69, 9.17) is 27.9 Å². The van der Waals surface area contributed by atoms with Crippen molar-refractivity contribution in [2.75, 3.05) is 12.4 Å². The van der Waals surface area contributed by atoms with Crippen molar-refractivity contribution in [3.05, 3.63) is 57.6 Å². The number of carbonyl (C=O) groups is 1. The highest BCUT2D eigenvalue weighted by Gasteiger charge is 2.17. The fraction of sp³-hybridized carbons (Fsp3) is 0.188. The molecule has 0 aliphatic carbocycles. The molecule has 2 rings (SSSR count). The van der Waals surface area contributed by atoms with Crippen molar-refractivity contribution in [1.82, 2.24) is 0 Å². The zero-order valence-corrected chi connectivity index (χ0v) is 13.6. The first kappa shape index (κ1) is 16.6. The molecule has 0 saturated carbocycles. The number of nitrogens with one attached hydrogen (secondary N) is 1. The van der Waals surface area contributed by atoms with Crippen molar-refractivity contribution >= 4 is 34.8 Å². The Bertz CT molecular complexity index is 685. The fourth-order valence-electron chi connectivity index (χ4n) is 1.98. The highest BCUT2D eigenvalue weighted by atomic mass is 35.5. The molecule has 2 aromatic carbocycles. The molecule has 1 atom stereocenters. The van der Waals surface area contributed by atoms with Crippen LogP contribution in [0.15, 0.2) is 36.4 Å². The Hall–Kier alpha value is -1.75. The van der Waals surface area contributed by atoms with E-state index in [1.54, 1.807) is 31.2 Å². The topological polar surface area (TPSA) is 58.6 Å². The highest BCUT2D eigenvalue weighted by molar-refractivity contribution is 6.36. The van der Waals surface area contributed by atoms with Gasteiger partial charge in [0.05, 0.1) is 23.8 Å². The zero-order chi connectivity index (χ0) is 16.3. The molecule has 0 saturated heterocycles. The minimum atomic E-state index is -0.559. The zero-order valence-electron chi connectivity index (χ0n) is 12.1. The van der Waals surface area contributed by atoms with Crippen LogP contribution in [-0.4, -0.2) is 18.1 Å². The summed E-state index contributed by atoms with van der Waals surface area (Å²) in [5.74, 6) is -0.116. The van der Waals surface area contributed by atoms with Gasteiger partial charge in [-0.05, 0) is 36.8 Å². The van der Waals surface area contributed by atoms with Gasteiger partial charge in [0.25, 0.3) is 5.91 Å². The molecule has 1 amide bonds. The Morgan fingerprint density at radius 3 is 2.41 bits per heavy atom. The van der Waals surface area contributed by atoms with Crippen LogP contribution in [-0.2, 0) is 0 Å². The first-order valence-electron chi connectivity index (χ1n) is 6.54. The lowest BCUT2D eigenvalue weighted by atomic mass is 10.1. The van der Waals surface area contributed by atoms with E-state index in [1.165, 1.54) is 19.2 Å². The number of rotatable bonds is 4. The van der Waals surface area contributed by atoms with Crippen LogP contribution >= 0.6 is 23.2 Å². The SMILES string of the molecule is COc1c(Cl)cc(Cl)cc1C(=O)Nc1ccc([C@@H](C)O)cc1. The Labute approximate surface area is 138 Å². The third-order valence-corrected chi connectivity index (χ3v) is 3.61. The van der Waals surface area contributed by atoms with Gasteiger partial charge in [0.15, 0.2) is 0 Å². The van der Waals surface area contributed by atoms with Crippen molar-refractivity contribution in [2.24, 2.45) is 0 Å². The summed E-state index contributed by atoms with van der Waals surface area (Å²) < 4.78 is 5.16. The number of aliphatic hydroxyl groups excluding tert-OH is 1. The first-order chi connectivity index (χ1) is 10.4. The number of halogens is 2. The highest BCUT2D eigenvalue weighted by Crippen LogP contribution is 2.32. The van der Waals surface area contributed by atoms with Crippen LogP contribution in [0.25, 0.3) is 0 Å². The first-order valence-corrected chi connectivity index (χ1v) is 7.30. The van der Waals surface area contributed by atoms with E-state index in [-0.39, 0.29) is 22.2 Å². The molecule has 0 radical (unpaired) electrons. The van der Waals surface area contributed by atoms with Crippen LogP contribution in [0.5, 0.6) is 5.75 Å². The number of aliphatic hydroxyl groups is 1. The monoisotopic (exact) mass is 339 g/mol. The van der Waals surface area contributed by atoms with Gasteiger partial charge >= 0.3 is 0 Å². The minimum absolute atomic E-state index is 0.250. The number of hydrogen-bond donors (Lipinski definition) is 2. The van der Waals surface area contributed by atoms with Crippen LogP contribution < -0.4 is 10.1 Å². The van der Waals surface area contributed by atoms with Gasteiger partial charge in [0, 0.05) is 10.7 Å². The summed E-state index contributed by atoms with van der Waals surface area (Å²) in [7, 11) is 1.43. The van der Waals surface area contributed by atoms with Gasteiger partial charge in [-0.15, -0.1) is 0 Å². The molecule has 4 nitrogen and oxygen atoms in total. The maximum absolute atomic E-state index is 12.4. The average molecular weight is 340 g/mol. The van der Waals surface area contributed by atoms with E-state index in [2.05, 4.69) is 5.32 Å². The summed E-state index contributed by atoms with van der Waals surface area (Å²) in [6, 6.07) is 9.89. The molecule has 6 heteroatoms. The lowest BCUT2D eigenvalue weighted by molar-refractivity contribution is 0.102. The Morgan fingerprint density at radius 1 is 1.23 bits per heavy atom. The van der Waals surface area contributed by atoms with Gasteiger partial charge in [-0.1, -0.05) is 35.3 Å². The molecule has 0 fully saturated rings. The smallest absolute Gasteiger partial charge is 0.259 e. The van der Waals surface area contributed by atoms with Crippen molar-refractivity contribution in [2.45, 2.75) is 13.0 Å². The minimum Gasteiger partial charge on any atom is -0.494 e. The Kier molecular flexibility index (Phi) is 5.29. The summed E-state index contributed by atoms with van der Waals surface area (Å²) in [5.41, 5.74) is 1.61. The lowest BCUT2D eigenvalue weighted by Crippen LogP contribution is -2.13. The van der Waals surface area contributed by atoms with Crippen LogP contribution in [0, 0.1) is 0 Å². The van der Waals surface area contributed by atoms with Gasteiger partial charge in [-0.3, -0.25) is 4.79 Å². The van der Waals surface area contributed by atoms with Crippen LogP contribution in [0.1, 0.15) is 28.9 Å². The van der Waals surface area contributed by atoms with E-state index in [9.17, 15) is 9.90 Å². The number of hydrogen-bond acceptors (Lipinski definition) is 3. The van der Waals surface area contributed by atoms with Gasteiger partial charge in [0.1, 0.15) is 5.75 Å². The third kappa shape index (κ3) is 3.71. The quantitative estimate of drug-likeness (QED) is 0.872. The second kappa shape index (κ2) is 7.01. The summed E-state index contributed by atoms with van der Waals surface area (Å²) in [6.45, 7) is 1.67. The summed E-state index contributed by atoms with van der Waals surface area (Å²) in [6.07, 6.45) is -0.559. The van der Waals surface area contributed by atoms with E-state index in [0.717, 1.165) is 5.56 Å². The van der Waals surface area contributed by atoms with Crippen LogP contribution in [0.3, 0.4) is 0 Å². The Balaban J connectivity index is 2.25. The number of anilines is 1. The van der Waals surface area contributed by atoms with Crippen LogP contribution in [0.4, 0.5) is 5.69 Å². The number of carbonyl (C=O) groups excluding carboxylic acids is 1. The van der Waals surface area contributed by atoms with E-state index in [1.807, 2.05) is 0 Å². The lowest BCUT2D eigenvalue weighted by Gasteiger charge is -2.12. The maximum atomic E-state index is 12.4. The molecule has 116 valence electrons. The number of methoxy groups -OCH3 is 1. The second-order valence-corrected chi connectivity index (χ2v) is 5.56. The van der Waals surface area contributed by atoms with Crippen molar-refractivity contribution < 1.29 is 14.6 Å². The predicted molar refractivity (Wildman–Crippen MR) is 88.0 cm³/mol. The molecule has 0 aromatic heterocycles. The van der Waals surface area contributed by atoms with Gasteiger partial charge in [-0.25, -0.2) is 0 Å². The van der Waals surface area contributed by atoms with Gasteiger partial charge in [0.2, 0.25) is 0 Å². The third-order valence-electron chi connectivity index (χ3n) is 3.11. The Morgan fingerprint density at radius 2 is 1.86 bits per heavy atom. The molecule has 0 unspecified atom stereocenters. The summed E-state index contributed by atoms with van der Waals surface area (Å²) >= 11 is 12.0. The fourth-order valence-corrected chi connectivity index (χ4v) is 2.55. The molecule has 0 spiro atoms. The van der Waals surface area contributed by atoms with Gasteiger partial charge < -0.3 is 15.2 Å². The molecule has 2 aromatic rings. The van der Waals surface area contributed by atoms with Gasteiger partial charge in [-0.2, -0.15) is 0 Å². The van der Waals surface area contributed by atoms with Crippen molar-refractivity contribution in [3.8, 4) is 5.75 Å². The van der Waals surface area contributed by atoms with Crippen molar-refractivity contribution in [3.63, 3.8) is 0 Å². The number of ether oxygens (including phenoxy) is 1. The van der Waals surface area contributed by atoms with Crippen LogP contribution in [0.2, 0.25) is 10.0 Å². The maximum Gasteiger partial charge on any atom is 0.259 e. The number of benzene rings is 2. The summed E-state index contributed by atoms with van der Waals surface area (Å²) in [5, 5.41) is 12.8.